The number of aromatic nitrogens is 2. The number of hydrogen-bond acceptors (Lipinski definition) is 7. The van der Waals surface area contributed by atoms with E-state index in [1.54, 1.807) is 6.33 Å². The number of piperazine rings is 1. The predicted molar refractivity (Wildman–Crippen MR) is 170 cm³/mol. The first kappa shape index (κ1) is 26.5. The zero-order valence-corrected chi connectivity index (χ0v) is 24.2. The van der Waals surface area contributed by atoms with Crippen LogP contribution < -0.4 is 19.9 Å². The van der Waals surface area contributed by atoms with Crippen LogP contribution in [0.5, 0.6) is 5.75 Å². The molecular formula is C34H33N5O2S. The van der Waals surface area contributed by atoms with Gasteiger partial charge in [0.25, 0.3) is 5.91 Å². The molecule has 5 aromatic rings. The third kappa shape index (κ3) is 5.54. The molecule has 1 amide bonds. The lowest BCUT2D eigenvalue weighted by atomic mass is 9.83. The van der Waals surface area contributed by atoms with Crippen LogP contribution in [0.2, 0.25) is 0 Å². The van der Waals surface area contributed by atoms with E-state index in [-0.39, 0.29) is 12.5 Å². The topological polar surface area (TPSA) is 70.6 Å². The molecule has 8 heteroatoms. The van der Waals surface area contributed by atoms with Crippen molar-refractivity contribution in [1.29, 1.82) is 0 Å². The molecule has 3 heterocycles. The molecule has 0 radical (unpaired) electrons. The molecule has 1 N–H and O–H groups in total. The molecule has 1 aliphatic carbocycles. The lowest BCUT2D eigenvalue weighted by molar-refractivity contribution is -0.118. The van der Waals surface area contributed by atoms with Crippen molar-refractivity contribution in [3.05, 3.63) is 107 Å². The number of carbonyl (C=O) groups is 1. The van der Waals surface area contributed by atoms with Crippen LogP contribution in [0, 0.1) is 0 Å². The molecule has 7 rings (SSSR count). The fourth-order valence-electron chi connectivity index (χ4n) is 6.14. The summed E-state index contributed by atoms with van der Waals surface area (Å²) in [5.41, 5.74) is 4.81. The van der Waals surface area contributed by atoms with Gasteiger partial charge in [0.05, 0.1) is 5.39 Å². The second kappa shape index (κ2) is 11.8. The summed E-state index contributed by atoms with van der Waals surface area (Å²) in [6, 6.07) is 28.3. The van der Waals surface area contributed by atoms with Crippen LogP contribution in [0.15, 0.2) is 91.3 Å². The molecule has 7 nitrogen and oxygen atoms in total. The van der Waals surface area contributed by atoms with Crippen LogP contribution in [0.25, 0.3) is 10.2 Å². The molecule has 1 aliphatic heterocycles. The van der Waals surface area contributed by atoms with Crippen molar-refractivity contribution in [2.45, 2.75) is 25.2 Å². The maximum Gasteiger partial charge on any atom is 0.262 e. The molecule has 1 unspecified atom stereocenters. The van der Waals surface area contributed by atoms with Crippen LogP contribution in [0.4, 0.5) is 17.2 Å². The summed E-state index contributed by atoms with van der Waals surface area (Å²) in [7, 11) is 0. The van der Waals surface area contributed by atoms with Crippen molar-refractivity contribution < 1.29 is 9.53 Å². The Morgan fingerprint density at radius 3 is 2.36 bits per heavy atom. The van der Waals surface area contributed by atoms with E-state index in [1.807, 2.05) is 53.8 Å². The van der Waals surface area contributed by atoms with Gasteiger partial charge in [-0.15, -0.1) is 11.3 Å². The number of ether oxygens (including phenoxy) is 1. The zero-order valence-electron chi connectivity index (χ0n) is 23.4. The van der Waals surface area contributed by atoms with Gasteiger partial charge in [-0.1, -0.05) is 48.5 Å². The number of anilines is 3. The van der Waals surface area contributed by atoms with E-state index in [9.17, 15) is 4.79 Å². The average Bonchev–Trinajstić information content (AvgIpc) is 3.43. The fourth-order valence-corrected chi connectivity index (χ4v) is 7.40. The summed E-state index contributed by atoms with van der Waals surface area (Å²) in [5, 5.41) is 4.12. The summed E-state index contributed by atoms with van der Waals surface area (Å²) in [6.45, 7) is 3.86. The third-order valence-electron chi connectivity index (χ3n) is 8.30. The fraction of sp³-hybridized carbons (Fsp3) is 0.265. The first-order valence-electron chi connectivity index (χ1n) is 14.6. The maximum atomic E-state index is 12.2. The normalized spacial score (nSPS) is 16.7. The highest BCUT2D eigenvalue weighted by Gasteiger charge is 2.28. The Morgan fingerprint density at radius 2 is 1.60 bits per heavy atom. The molecule has 1 fully saturated rings. The van der Waals surface area contributed by atoms with E-state index in [2.05, 4.69) is 57.6 Å². The van der Waals surface area contributed by atoms with Gasteiger partial charge in [0.2, 0.25) is 0 Å². The molecular weight excluding hydrogens is 542 g/mol. The van der Waals surface area contributed by atoms with Crippen LogP contribution >= 0.6 is 11.3 Å². The molecule has 2 aromatic heterocycles. The molecule has 3 aromatic carbocycles. The van der Waals surface area contributed by atoms with Crippen molar-refractivity contribution in [2.24, 2.45) is 0 Å². The Hall–Kier alpha value is -4.43. The number of nitrogens with one attached hydrogen (secondary N) is 1. The van der Waals surface area contributed by atoms with E-state index in [0.717, 1.165) is 61.8 Å². The first-order valence-corrected chi connectivity index (χ1v) is 15.4. The highest BCUT2D eigenvalue weighted by Crippen LogP contribution is 2.43. The van der Waals surface area contributed by atoms with E-state index < -0.39 is 0 Å². The number of benzene rings is 3. The lowest BCUT2D eigenvalue weighted by Crippen LogP contribution is -2.46. The van der Waals surface area contributed by atoms with Gasteiger partial charge >= 0.3 is 0 Å². The second-order valence-corrected chi connectivity index (χ2v) is 12.0. The number of para-hydroxylation sites is 2. The van der Waals surface area contributed by atoms with Crippen molar-refractivity contribution in [1.82, 2.24) is 9.97 Å². The maximum absolute atomic E-state index is 12.2. The van der Waals surface area contributed by atoms with Crippen molar-refractivity contribution in [2.75, 3.05) is 47.9 Å². The summed E-state index contributed by atoms with van der Waals surface area (Å²) in [6.07, 6.45) is 4.87. The number of carbonyl (C=O) groups excluding carboxylic acids is 1. The number of aryl methyl sites for hydroxylation is 1. The number of rotatable bonds is 7. The number of nitrogens with zero attached hydrogens (tertiary/aromatic N) is 4. The Labute approximate surface area is 249 Å². The van der Waals surface area contributed by atoms with Gasteiger partial charge in [-0.05, 0) is 72.7 Å². The monoisotopic (exact) mass is 575 g/mol. The standard InChI is InChI=1S/C34H33N5O2S/c40-31(37-26-7-3-1-4-8-26)22-41-28-14-11-24(12-15-28)25-13-16-29-30(21-25)42-34-32(29)33(35-23-36-34)39-19-17-38(18-20-39)27-9-5-2-6-10-27/h1-12,14-15,23,25H,13,16-22H2,(H,37,40). The predicted octanol–water partition coefficient (Wildman–Crippen LogP) is 6.31. The molecule has 1 saturated heterocycles. The van der Waals surface area contributed by atoms with Crippen molar-refractivity contribution >= 4 is 44.7 Å². The Morgan fingerprint density at radius 1 is 0.881 bits per heavy atom. The van der Waals surface area contributed by atoms with E-state index in [1.165, 1.54) is 27.1 Å². The molecule has 0 spiro atoms. The van der Waals surface area contributed by atoms with Gasteiger partial charge in [-0.25, -0.2) is 9.97 Å². The molecule has 0 saturated carbocycles. The van der Waals surface area contributed by atoms with Gasteiger partial charge in [0.1, 0.15) is 22.7 Å². The number of amides is 1. The van der Waals surface area contributed by atoms with Crippen LogP contribution in [-0.2, 0) is 17.6 Å². The molecule has 1 atom stereocenters. The SMILES string of the molecule is O=C(COc1ccc(C2CCc3c(sc4ncnc(N5CCN(c6ccccc6)CC5)c34)C2)cc1)Nc1ccccc1. The smallest absolute Gasteiger partial charge is 0.262 e. The number of thiophene rings is 1. The lowest BCUT2D eigenvalue weighted by Gasteiger charge is -2.37. The van der Waals surface area contributed by atoms with E-state index in [4.69, 9.17) is 14.7 Å². The van der Waals surface area contributed by atoms with Crippen molar-refractivity contribution in [3.63, 3.8) is 0 Å². The molecule has 212 valence electrons. The van der Waals surface area contributed by atoms with Crippen molar-refractivity contribution in [3.8, 4) is 5.75 Å². The second-order valence-electron chi connectivity index (χ2n) is 10.9. The molecule has 42 heavy (non-hydrogen) atoms. The Balaban J connectivity index is 1.00. The number of fused-ring (bicyclic) bond motifs is 3. The van der Waals surface area contributed by atoms with Gasteiger partial charge in [0, 0.05) is 42.4 Å². The van der Waals surface area contributed by atoms with E-state index in [0.29, 0.717) is 11.7 Å². The summed E-state index contributed by atoms with van der Waals surface area (Å²) in [5.74, 6) is 2.08. The van der Waals surface area contributed by atoms with E-state index >= 15 is 0 Å². The zero-order chi connectivity index (χ0) is 28.3. The molecule has 0 bridgehead atoms. The minimum absolute atomic E-state index is 0.0203. The van der Waals surface area contributed by atoms with Gasteiger partial charge < -0.3 is 19.9 Å². The highest BCUT2D eigenvalue weighted by atomic mass is 32.1. The molecule has 2 aliphatic rings. The largest absolute Gasteiger partial charge is 0.484 e. The summed E-state index contributed by atoms with van der Waals surface area (Å²) in [4.78, 5) is 29.2. The first-order chi connectivity index (χ1) is 20.7. The third-order valence-corrected chi connectivity index (χ3v) is 9.47. The Kier molecular flexibility index (Phi) is 7.45. The summed E-state index contributed by atoms with van der Waals surface area (Å²) >= 11 is 1.83. The van der Waals surface area contributed by atoms with Crippen LogP contribution in [0.3, 0.4) is 0 Å². The summed E-state index contributed by atoms with van der Waals surface area (Å²) < 4.78 is 5.75. The van der Waals surface area contributed by atoms with Gasteiger partial charge in [-0.3, -0.25) is 4.79 Å². The van der Waals surface area contributed by atoms with Gasteiger partial charge in [-0.2, -0.15) is 0 Å². The number of hydrogen-bond donors (Lipinski definition) is 1. The highest BCUT2D eigenvalue weighted by molar-refractivity contribution is 7.19. The minimum Gasteiger partial charge on any atom is -0.484 e. The quantitative estimate of drug-likeness (QED) is 0.245. The van der Waals surface area contributed by atoms with Crippen LogP contribution in [0.1, 0.15) is 28.3 Å². The average molecular weight is 576 g/mol. The van der Waals surface area contributed by atoms with Gasteiger partial charge in [0.15, 0.2) is 6.61 Å². The Bertz CT molecular complexity index is 1670. The minimum atomic E-state index is -0.171. The van der Waals surface area contributed by atoms with Crippen LogP contribution in [-0.4, -0.2) is 48.7 Å².